The third-order valence-electron chi connectivity index (χ3n) is 4.57. The predicted molar refractivity (Wildman–Crippen MR) is 106 cm³/mol. The molecule has 8 heteroatoms. The summed E-state index contributed by atoms with van der Waals surface area (Å²) in [7, 11) is -3.58. The van der Waals surface area contributed by atoms with Gasteiger partial charge in [-0.25, -0.2) is 18.4 Å². The van der Waals surface area contributed by atoms with Gasteiger partial charge in [0.15, 0.2) is 0 Å². The first kappa shape index (κ1) is 18.3. The Bertz CT molecular complexity index is 1060. The molecule has 1 aliphatic heterocycles. The van der Waals surface area contributed by atoms with Crippen molar-refractivity contribution in [1.82, 2.24) is 14.3 Å². The van der Waals surface area contributed by atoms with Crippen molar-refractivity contribution < 1.29 is 13.2 Å². The van der Waals surface area contributed by atoms with Crippen LogP contribution in [-0.4, -0.2) is 41.9 Å². The zero-order chi connectivity index (χ0) is 18.9. The van der Waals surface area contributed by atoms with Crippen molar-refractivity contribution in [3.8, 4) is 6.01 Å². The van der Waals surface area contributed by atoms with Crippen LogP contribution in [0.4, 0.5) is 0 Å². The van der Waals surface area contributed by atoms with Crippen molar-refractivity contribution in [3.05, 3.63) is 59.3 Å². The van der Waals surface area contributed by atoms with Gasteiger partial charge in [0.05, 0.1) is 15.9 Å². The second-order valence-electron chi connectivity index (χ2n) is 6.44. The molecule has 0 aliphatic carbocycles. The van der Waals surface area contributed by atoms with Gasteiger partial charge in [0.25, 0.3) is 0 Å². The average molecular weight is 448 g/mol. The molecule has 0 saturated carbocycles. The Morgan fingerprint density at radius 3 is 2.59 bits per heavy atom. The van der Waals surface area contributed by atoms with Crippen LogP contribution in [0.1, 0.15) is 12.8 Å². The van der Waals surface area contributed by atoms with Crippen LogP contribution in [0.5, 0.6) is 6.01 Å². The van der Waals surface area contributed by atoms with Crippen LogP contribution in [0, 0.1) is 0 Å². The molecule has 4 rings (SSSR count). The van der Waals surface area contributed by atoms with Crippen LogP contribution < -0.4 is 4.74 Å². The first-order valence-electron chi connectivity index (χ1n) is 8.65. The van der Waals surface area contributed by atoms with Crippen LogP contribution in [0.15, 0.2) is 64.2 Å². The first-order valence-corrected chi connectivity index (χ1v) is 10.9. The second kappa shape index (κ2) is 7.53. The molecule has 140 valence electrons. The lowest BCUT2D eigenvalue weighted by Gasteiger charge is -2.31. The van der Waals surface area contributed by atoms with Gasteiger partial charge in [-0.05, 0) is 51.7 Å². The van der Waals surface area contributed by atoms with Crippen LogP contribution in [0.25, 0.3) is 10.8 Å². The Kier molecular flexibility index (Phi) is 5.12. The molecule has 0 radical (unpaired) electrons. The van der Waals surface area contributed by atoms with Gasteiger partial charge < -0.3 is 4.74 Å². The van der Waals surface area contributed by atoms with Crippen molar-refractivity contribution in [2.75, 3.05) is 13.1 Å². The molecule has 0 N–H and O–H groups in total. The number of aromatic nitrogens is 2. The predicted octanol–water partition coefficient (Wildman–Crippen LogP) is 3.62. The summed E-state index contributed by atoms with van der Waals surface area (Å²) < 4.78 is 34.3. The minimum absolute atomic E-state index is 0.258. The number of ether oxygens (including phenoxy) is 1. The zero-order valence-corrected chi connectivity index (χ0v) is 16.9. The Labute approximate surface area is 166 Å². The number of benzene rings is 2. The van der Waals surface area contributed by atoms with Gasteiger partial charge in [0.2, 0.25) is 10.0 Å². The largest absolute Gasteiger partial charge is 0.459 e. The van der Waals surface area contributed by atoms with Crippen molar-refractivity contribution in [1.29, 1.82) is 0 Å². The zero-order valence-electron chi connectivity index (χ0n) is 14.5. The number of sulfonamides is 1. The number of piperidine rings is 1. The first-order chi connectivity index (χ1) is 13.0. The highest BCUT2D eigenvalue weighted by Gasteiger charge is 2.31. The maximum atomic E-state index is 13.1. The Morgan fingerprint density at radius 2 is 1.81 bits per heavy atom. The monoisotopic (exact) mass is 447 g/mol. The molecule has 1 fully saturated rings. The molecule has 1 saturated heterocycles. The molecule has 1 atom stereocenters. The number of nitrogens with zero attached hydrogens (tertiary/aromatic N) is 3. The fraction of sp³-hybridized carbons (Fsp3) is 0.263. The van der Waals surface area contributed by atoms with Gasteiger partial charge >= 0.3 is 6.01 Å². The second-order valence-corrected chi connectivity index (χ2v) is 9.29. The van der Waals surface area contributed by atoms with Gasteiger partial charge in [-0.15, -0.1) is 0 Å². The standard InChI is InChI=1S/C19H18BrN3O3S/c20-16-11-21-19(22-12-16)26-17-6-3-9-23(13-17)27(24,25)18-8-7-14-4-1-2-5-15(14)10-18/h1-2,4-5,7-8,10-12,17H,3,6,9,13H2. The van der Waals surface area contributed by atoms with E-state index in [2.05, 4.69) is 25.9 Å². The van der Waals surface area contributed by atoms with E-state index in [0.717, 1.165) is 28.1 Å². The van der Waals surface area contributed by atoms with E-state index in [-0.39, 0.29) is 18.7 Å². The number of fused-ring (bicyclic) bond motifs is 1. The summed E-state index contributed by atoms with van der Waals surface area (Å²) in [6.45, 7) is 0.769. The Hall–Kier alpha value is -2.03. The van der Waals surface area contributed by atoms with E-state index in [1.807, 2.05) is 30.3 Å². The van der Waals surface area contributed by atoms with E-state index in [1.54, 1.807) is 24.5 Å². The maximum Gasteiger partial charge on any atom is 0.316 e. The smallest absolute Gasteiger partial charge is 0.316 e. The number of rotatable bonds is 4. The summed E-state index contributed by atoms with van der Waals surface area (Å²) in [5.41, 5.74) is 0. The summed E-state index contributed by atoms with van der Waals surface area (Å²) in [5.74, 6) is 0. The Balaban J connectivity index is 1.54. The van der Waals surface area contributed by atoms with Crippen molar-refractivity contribution >= 4 is 36.7 Å². The fourth-order valence-electron chi connectivity index (χ4n) is 3.21. The third kappa shape index (κ3) is 3.97. The average Bonchev–Trinajstić information content (AvgIpc) is 2.69. The summed E-state index contributed by atoms with van der Waals surface area (Å²) in [4.78, 5) is 8.51. The third-order valence-corrected chi connectivity index (χ3v) is 6.84. The van der Waals surface area contributed by atoms with E-state index < -0.39 is 10.0 Å². The highest BCUT2D eigenvalue weighted by atomic mass is 79.9. The van der Waals surface area contributed by atoms with Crippen molar-refractivity contribution in [2.45, 2.75) is 23.8 Å². The fourth-order valence-corrected chi connectivity index (χ4v) is 4.96. The molecule has 0 amide bonds. The van der Waals surface area contributed by atoms with Crippen LogP contribution in [0.2, 0.25) is 0 Å². The lowest BCUT2D eigenvalue weighted by atomic mass is 10.1. The number of hydrogen-bond acceptors (Lipinski definition) is 5. The normalized spacial score (nSPS) is 18.5. The van der Waals surface area contributed by atoms with E-state index >= 15 is 0 Å². The quantitative estimate of drug-likeness (QED) is 0.610. The number of halogens is 1. The summed E-state index contributed by atoms with van der Waals surface area (Å²) in [5, 5.41) is 1.93. The van der Waals surface area contributed by atoms with E-state index in [9.17, 15) is 8.42 Å². The molecule has 1 aliphatic rings. The van der Waals surface area contributed by atoms with E-state index in [4.69, 9.17) is 4.74 Å². The van der Waals surface area contributed by atoms with Gasteiger partial charge in [0.1, 0.15) is 6.10 Å². The van der Waals surface area contributed by atoms with Crippen molar-refractivity contribution in [3.63, 3.8) is 0 Å². The van der Waals surface area contributed by atoms with Crippen molar-refractivity contribution in [2.24, 2.45) is 0 Å². The molecule has 27 heavy (non-hydrogen) atoms. The number of hydrogen-bond donors (Lipinski definition) is 0. The lowest BCUT2D eigenvalue weighted by molar-refractivity contribution is 0.119. The molecular weight excluding hydrogens is 430 g/mol. The van der Waals surface area contributed by atoms with E-state index in [0.29, 0.717) is 11.4 Å². The van der Waals surface area contributed by atoms with E-state index in [1.165, 1.54) is 4.31 Å². The molecule has 1 unspecified atom stereocenters. The SMILES string of the molecule is O=S(=O)(c1ccc2ccccc2c1)N1CCCC(Oc2ncc(Br)cn2)C1. The van der Waals surface area contributed by atoms with Crippen LogP contribution in [-0.2, 0) is 10.0 Å². The molecule has 2 heterocycles. The lowest BCUT2D eigenvalue weighted by Crippen LogP contribution is -2.44. The maximum absolute atomic E-state index is 13.1. The van der Waals surface area contributed by atoms with Crippen LogP contribution in [0.3, 0.4) is 0 Å². The van der Waals surface area contributed by atoms with Crippen LogP contribution >= 0.6 is 15.9 Å². The highest BCUT2D eigenvalue weighted by Crippen LogP contribution is 2.25. The minimum Gasteiger partial charge on any atom is -0.459 e. The summed E-state index contributed by atoms with van der Waals surface area (Å²) in [6, 6.07) is 13.2. The molecule has 0 spiro atoms. The molecular formula is C19H18BrN3O3S. The Morgan fingerprint density at radius 1 is 1.07 bits per heavy atom. The molecule has 0 bridgehead atoms. The highest BCUT2D eigenvalue weighted by molar-refractivity contribution is 9.10. The van der Waals surface area contributed by atoms with Gasteiger partial charge in [-0.3, -0.25) is 0 Å². The summed E-state index contributed by atoms with van der Waals surface area (Å²) >= 11 is 3.28. The molecule has 2 aromatic carbocycles. The molecule has 6 nitrogen and oxygen atoms in total. The summed E-state index contributed by atoms with van der Waals surface area (Å²) in [6.07, 6.45) is 4.44. The topological polar surface area (TPSA) is 72.4 Å². The van der Waals surface area contributed by atoms with Gasteiger partial charge in [-0.2, -0.15) is 4.31 Å². The van der Waals surface area contributed by atoms with Gasteiger partial charge in [0, 0.05) is 18.9 Å². The molecule has 1 aromatic heterocycles. The minimum atomic E-state index is -3.58. The molecule has 3 aromatic rings. The van der Waals surface area contributed by atoms with Gasteiger partial charge in [-0.1, -0.05) is 30.3 Å².